The largest absolute Gasteiger partial charge is 0.507 e. The number of phenolic OH excluding ortho intramolecular Hbond substituents is 1. The lowest BCUT2D eigenvalue weighted by Crippen LogP contribution is -2.74. The highest BCUT2D eigenvalue weighted by atomic mass is 16.3. The fourth-order valence-corrected chi connectivity index (χ4v) is 7.18. The molecule has 2 aromatic rings. The SMILES string of the molecule is CN(C)c1cc(CNCc2ccccc2)c(O)c2c1C[C@@H]1C[C@@H]3C(N(C)C)C(=O)C(C(N)=O)C(=O)[C@]3(O)C(=O)C1C2=O. The molecular weight excluding hydrogens is 540 g/mol. The fraction of sp³-hybridized carbons (Fsp3) is 0.452. The van der Waals surface area contributed by atoms with Gasteiger partial charge in [-0.2, -0.15) is 0 Å². The van der Waals surface area contributed by atoms with E-state index in [0.717, 1.165) is 5.56 Å². The summed E-state index contributed by atoms with van der Waals surface area (Å²) in [5.41, 5.74) is 5.40. The number of hydrogen-bond donors (Lipinski definition) is 4. The Kier molecular flexibility index (Phi) is 7.55. The Morgan fingerprint density at radius 1 is 1.05 bits per heavy atom. The van der Waals surface area contributed by atoms with E-state index in [9.17, 15) is 34.2 Å². The molecule has 3 unspecified atom stereocenters. The van der Waals surface area contributed by atoms with E-state index < -0.39 is 64.4 Å². The molecule has 222 valence electrons. The van der Waals surface area contributed by atoms with Crippen LogP contribution in [0.3, 0.4) is 0 Å². The number of primary amides is 1. The third-order valence-electron chi connectivity index (χ3n) is 9.09. The number of nitrogens with one attached hydrogen (secondary N) is 1. The number of benzene rings is 2. The van der Waals surface area contributed by atoms with E-state index in [1.807, 2.05) is 55.4 Å². The highest BCUT2D eigenvalue weighted by molar-refractivity contribution is 6.32. The van der Waals surface area contributed by atoms with Gasteiger partial charge in [0.05, 0.1) is 17.5 Å². The van der Waals surface area contributed by atoms with Crippen LogP contribution in [0.1, 0.15) is 33.5 Å². The van der Waals surface area contributed by atoms with Gasteiger partial charge in [0.25, 0.3) is 0 Å². The highest BCUT2D eigenvalue weighted by Crippen LogP contribution is 2.52. The first-order chi connectivity index (χ1) is 19.8. The normalized spacial score (nSPS) is 28.8. The predicted octanol–water partition coefficient (Wildman–Crippen LogP) is 0.223. The molecule has 0 aromatic heterocycles. The third kappa shape index (κ3) is 4.43. The Labute approximate surface area is 243 Å². The Hall–Kier alpha value is -3.93. The summed E-state index contributed by atoms with van der Waals surface area (Å²) in [6.07, 6.45) is 0.225. The molecule has 0 saturated heterocycles. The molecule has 3 aliphatic rings. The maximum Gasteiger partial charge on any atom is 0.235 e. The van der Waals surface area contributed by atoms with Crippen LogP contribution in [0.4, 0.5) is 5.69 Å². The molecule has 0 heterocycles. The number of amides is 1. The predicted molar refractivity (Wildman–Crippen MR) is 153 cm³/mol. The van der Waals surface area contributed by atoms with Crippen molar-refractivity contribution < 1.29 is 34.2 Å². The van der Waals surface area contributed by atoms with E-state index in [1.54, 1.807) is 14.1 Å². The summed E-state index contributed by atoms with van der Waals surface area (Å²) in [6.45, 7) is 0.761. The molecule has 1 amide bonds. The van der Waals surface area contributed by atoms with Crippen molar-refractivity contribution in [1.29, 1.82) is 0 Å². The highest BCUT2D eigenvalue weighted by Gasteiger charge is 2.69. The second-order valence-electron chi connectivity index (χ2n) is 12.0. The topological polar surface area (TPSA) is 170 Å². The fourth-order valence-electron chi connectivity index (χ4n) is 7.18. The van der Waals surface area contributed by atoms with Crippen molar-refractivity contribution in [2.75, 3.05) is 33.1 Å². The smallest absolute Gasteiger partial charge is 0.235 e. The molecule has 0 radical (unpaired) electrons. The van der Waals surface area contributed by atoms with Crippen LogP contribution in [-0.4, -0.2) is 84.0 Å². The minimum absolute atomic E-state index is 0.00990. The maximum absolute atomic E-state index is 14.1. The van der Waals surface area contributed by atoms with Crippen molar-refractivity contribution >= 4 is 34.7 Å². The summed E-state index contributed by atoms with van der Waals surface area (Å²) < 4.78 is 0. The van der Waals surface area contributed by atoms with Gasteiger partial charge >= 0.3 is 0 Å². The zero-order valence-corrected chi connectivity index (χ0v) is 24.1. The van der Waals surface area contributed by atoms with Crippen molar-refractivity contribution in [3.63, 3.8) is 0 Å². The average molecular weight is 577 g/mol. The van der Waals surface area contributed by atoms with Gasteiger partial charge in [-0.15, -0.1) is 0 Å². The Morgan fingerprint density at radius 2 is 1.71 bits per heavy atom. The zero-order chi connectivity index (χ0) is 30.7. The van der Waals surface area contributed by atoms with Crippen molar-refractivity contribution in [3.8, 4) is 5.75 Å². The van der Waals surface area contributed by atoms with Crippen molar-refractivity contribution in [2.45, 2.75) is 37.6 Å². The second kappa shape index (κ2) is 10.7. The summed E-state index contributed by atoms with van der Waals surface area (Å²) >= 11 is 0. The van der Waals surface area contributed by atoms with Gasteiger partial charge in [0.15, 0.2) is 34.7 Å². The molecule has 3 aliphatic carbocycles. The van der Waals surface area contributed by atoms with E-state index in [0.29, 0.717) is 23.4 Å². The number of phenols is 1. The lowest BCUT2D eigenvalue weighted by atomic mass is 9.52. The lowest BCUT2D eigenvalue weighted by Gasteiger charge is -2.52. The Morgan fingerprint density at radius 3 is 2.31 bits per heavy atom. The van der Waals surface area contributed by atoms with Gasteiger partial charge in [-0.25, -0.2) is 0 Å². The summed E-state index contributed by atoms with van der Waals surface area (Å²) in [4.78, 5) is 70.3. The molecule has 11 nitrogen and oxygen atoms in total. The number of aliphatic hydroxyl groups is 1. The van der Waals surface area contributed by atoms with E-state index in [4.69, 9.17) is 5.73 Å². The van der Waals surface area contributed by atoms with Gasteiger partial charge in [-0.3, -0.25) is 28.9 Å². The molecule has 0 aliphatic heterocycles. The molecule has 0 bridgehead atoms. The lowest BCUT2D eigenvalue weighted by molar-refractivity contribution is -0.181. The van der Waals surface area contributed by atoms with E-state index in [2.05, 4.69) is 5.32 Å². The van der Waals surface area contributed by atoms with Gasteiger partial charge in [-0.05, 0) is 50.0 Å². The molecule has 42 heavy (non-hydrogen) atoms. The number of carbonyl (C=O) groups excluding carboxylic acids is 5. The van der Waals surface area contributed by atoms with Crippen molar-refractivity contribution in [1.82, 2.24) is 10.2 Å². The number of ketones is 4. The molecule has 6 atom stereocenters. The Balaban J connectivity index is 1.56. The van der Waals surface area contributed by atoms with Crippen molar-refractivity contribution in [2.24, 2.45) is 29.4 Å². The summed E-state index contributed by atoms with van der Waals surface area (Å²) in [5.74, 6) is -10.5. The monoisotopic (exact) mass is 576 g/mol. The van der Waals surface area contributed by atoms with Crippen LogP contribution >= 0.6 is 0 Å². The number of nitrogens with zero attached hydrogens (tertiary/aromatic N) is 2. The summed E-state index contributed by atoms with van der Waals surface area (Å²) in [5, 5.41) is 26.4. The van der Waals surface area contributed by atoms with E-state index >= 15 is 0 Å². The standard InChI is InChI=1S/C31H36N4O7/c1-34(2)20-12-17(14-33-13-15-8-6-5-7-9-15)25(36)22-18(20)10-16-11-19-24(35(3)4)27(38)23(30(32)41)29(40)31(19,42)28(39)21(16)26(22)37/h5-9,12,16,19,21,23-24,33,36,42H,10-11,13-14H2,1-4H3,(H2,32,41)/t16-,19-,21?,23?,24?,31-/m1/s1. The first-order valence-corrected chi connectivity index (χ1v) is 13.9. The van der Waals surface area contributed by atoms with Gasteiger partial charge < -0.3 is 26.2 Å². The number of hydrogen-bond acceptors (Lipinski definition) is 10. The molecule has 2 fully saturated rings. The number of anilines is 1. The number of rotatable bonds is 7. The molecule has 2 aromatic carbocycles. The minimum Gasteiger partial charge on any atom is -0.507 e. The van der Waals surface area contributed by atoms with Crippen LogP contribution in [0.15, 0.2) is 36.4 Å². The molecule has 5 N–H and O–H groups in total. The first-order valence-electron chi connectivity index (χ1n) is 13.9. The van der Waals surface area contributed by atoms with Gasteiger partial charge in [-0.1, -0.05) is 30.3 Å². The van der Waals surface area contributed by atoms with Gasteiger partial charge in [0, 0.05) is 44.4 Å². The number of likely N-dealkylation sites (N-methyl/N-ethyl adjacent to an activating group) is 1. The zero-order valence-electron chi connectivity index (χ0n) is 24.1. The molecule has 2 saturated carbocycles. The number of nitrogens with two attached hydrogens (primary N) is 1. The van der Waals surface area contributed by atoms with Crippen LogP contribution in [0.5, 0.6) is 5.75 Å². The number of carbonyl (C=O) groups is 5. The molecule has 5 rings (SSSR count). The number of fused-ring (bicyclic) bond motifs is 3. The molecule has 11 heteroatoms. The van der Waals surface area contributed by atoms with Crippen molar-refractivity contribution in [3.05, 3.63) is 58.7 Å². The van der Waals surface area contributed by atoms with Crippen LogP contribution in [-0.2, 0) is 38.7 Å². The minimum atomic E-state index is -2.74. The van der Waals surface area contributed by atoms with Gasteiger partial charge in [0.2, 0.25) is 5.91 Å². The maximum atomic E-state index is 14.1. The third-order valence-corrected chi connectivity index (χ3v) is 9.09. The van der Waals surface area contributed by atoms with Gasteiger partial charge in [0.1, 0.15) is 5.75 Å². The summed E-state index contributed by atoms with van der Waals surface area (Å²) in [6, 6.07) is 10.4. The number of Topliss-reactive ketones (excluding diaryl/α,β-unsaturated/α-hetero) is 4. The van der Waals surface area contributed by atoms with Crippen LogP contribution in [0.25, 0.3) is 0 Å². The number of aromatic hydroxyl groups is 1. The summed E-state index contributed by atoms with van der Waals surface area (Å²) in [7, 11) is 6.76. The molecular formula is C31H36N4O7. The first kappa shape index (κ1) is 29.6. The van der Waals surface area contributed by atoms with Crippen LogP contribution in [0.2, 0.25) is 0 Å². The quantitative estimate of drug-likeness (QED) is 0.335. The van der Waals surface area contributed by atoms with Crippen LogP contribution in [0, 0.1) is 23.7 Å². The van der Waals surface area contributed by atoms with E-state index in [-0.39, 0.29) is 30.7 Å². The molecule has 0 spiro atoms. The average Bonchev–Trinajstić information content (AvgIpc) is 2.92. The van der Waals surface area contributed by atoms with Crippen LogP contribution < -0.4 is 16.0 Å². The Bertz CT molecular complexity index is 1490. The van der Waals surface area contributed by atoms with E-state index in [1.165, 1.54) is 4.90 Å². The second-order valence-corrected chi connectivity index (χ2v) is 12.0.